The number of pyridine rings is 1. The Morgan fingerprint density at radius 3 is 2.87 bits per heavy atom. The third-order valence-corrected chi connectivity index (χ3v) is 4.19. The van der Waals surface area contributed by atoms with Gasteiger partial charge in [-0.25, -0.2) is 9.78 Å². The van der Waals surface area contributed by atoms with Gasteiger partial charge in [0, 0.05) is 5.39 Å². The number of nitrogens with zero attached hydrogens (tertiary/aromatic N) is 1. The molecular weight excluding hydrogens is 290 g/mol. The molecule has 0 saturated heterocycles. The third-order valence-electron chi connectivity index (χ3n) is 4.19. The maximum Gasteiger partial charge on any atom is 0.338 e. The van der Waals surface area contributed by atoms with E-state index < -0.39 is 0 Å². The molecule has 0 atom stereocenters. The lowest BCUT2D eigenvalue weighted by molar-refractivity contribution is 0.0602. The van der Waals surface area contributed by atoms with Gasteiger partial charge in [0.05, 0.1) is 30.1 Å². The zero-order valence-electron chi connectivity index (χ0n) is 12.7. The van der Waals surface area contributed by atoms with Gasteiger partial charge in [0.15, 0.2) is 0 Å². The maximum atomic E-state index is 12.3. The van der Waals surface area contributed by atoms with Crippen LogP contribution in [-0.4, -0.2) is 18.1 Å². The second-order valence-corrected chi connectivity index (χ2v) is 5.51. The van der Waals surface area contributed by atoms with Gasteiger partial charge >= 0.3 is 5.97 Å². The minimum absolute atomic E-state index is 0.306. The van der Waals surface area contributed by atoms with Gasteiger partial charge in [-0.1, -0.05) is 18.2 Å². The van der Waals surface area contributed by atoms with Gasteiger partial charge in [-0.2, -0.15) is 0 Å². The van der Waals surface area contributed by atoms with Crippen molar-refractivity contribution < 1.29 is 13.9 Å². The number of hydrogen-bond donors (Lipinski definition) is 0. The van der Waals surface area contributed by atoms with Crippen LogP contribution in [0.5, 0.6) is 0 Å². The Balaban J connectivity index is 1.97. The molecular formula is C19H15NO3. The van der Waals surface area contributed by atoms with Gasteiger partial charge in [-0.15, -0.1) is 0 Å². The van der Waals surface area contributed by atoms with Crippen LogP contribution in [0.2, 0.25) is 0 Å². The van der Waals surface area contributed by atoms with E-state index >= 15 is 0 Å². The SMILES string of the molecule is COC(=O)c1c2c(nc3ccccc13)/C(=C/c1ccco1)CC2. The second-order valence-electron chi connectivity index (χ2n) is 5.51. The highest BCUT2D eigenvalue weighted by Gasteiger charge is 2.27. The number of aromatic nitrogens is 1. The molecule has 0 spiro atoms. The predicted molar refractivity (Wildman–Crippen MR) is 88.0 cm³/mol. The molecule has 0 radical (unpaired) electrons. The summed E-state index contributed by atoms with van der Waals surface area (Å²) >= 11 is 0. The molecule has 2 aromatic heterocycles. The molecule has 2 heterocycles. The standard InChI is InChI=1S/C19H15NO3/c1-22-19(21)17-14-6-2-3-7-16(14)20-18-12(8-9-15(17)18)11-13-5-4-10-23-13/h2-7,10-11H,8-9H2,1H3/b12-11+. The molecule has 1 aliphatic rings. The minimum atomic E-state index is -0.306. The number of fused-ring (bicyclic) bond motifs is 2. The molecule has 4 nitrogen and oxygen atoms in total. The Kier molecular flexibility index (Phi) is 3.23. The highest BCUT2D eigenvalue weighted by Crippen LogP contribution is 2.37. The normalized spacial score (nSPS) is 15.1. The summed E-state index contributed by atoms with van der Waals surface area (Å²) in [6, 6.07) is 11.4. The lowest BCUT2D eigenvalue weighted by Gasteiger charge is -2.10. The van der Waals surface area contributed by atoms with Crippen LogP contribution < -0.4 is 0 Å². The van der Waals surface area contributed by atoms with E-state index in [-0.39, 0.29) is 5.97 Å². The molecule has 3 aromatic rings. The van der Waals surface area contributed by atoms with Crippen LogP contribution in [0.25, 0.3) is 22.6 Å². The number of furan rings is 1. The van der Waals surface area contributed by atoms with Crippen molar-refractivity contribution >= 4 is 28.5 Å². The molecule has 114 valence electrons. The number of carbonyl (C=O) groups is 1. The van der Waals surface area contributed by atoms with Gasteiger partial charge in [0.1, 0.15) is 5.76 Å². The van der Waals surface area contributed by atoms with E-state index in [1.54, 1.807) is 6.26 Å². The summed E-state index contributed by atoms with van der Waals surface area (Å²) in [4.78, 5) is 17.1. The van der Waals surface area contributed by atoms with Gasteiger partial charge in [0.2, 0.25) is 0 Å². The Morgan fingerprint density at radius 2 is 2.09 bits per heavy atom. The molecule has 1 aliphatic carbocycles. The molecule has 0 amide bonds. The van der Waals surface area contributed by atoms with Gasteiger partial charge in [0.25, 0.3) is 0 Å². The summed E-state index contributed by atoms with van der Waals surface area (Å²) < 4.78 is 10.4. The van der Waals surface area contributed by atoms with Crippen LogP contribution in [0.15, 0.2) is 47.1 Å². The van der Waals surface area contributed by atoms with Gasteiger partial charge in [-0.3, -0.25) is 0 Å². The molecule has 0 saturated carbocycles. The largest absolute Gasteiger partial charge is 0.465 e. The number of allylic oxidation sites excluding steroid dienone is 1. The van der Waals surface area contributed by atoms with Crippen molar-refractivity contribution in [3.63, 3.8) is 0 Å². The molecule has 0 fully saturated rings. The summed E-state index contributed by atoms with van der Waals surface area (Å²) in [5.41, 5.74) is 4.37. The van der Waals surface area contributed by atoms with Crippen LogP contribution in [0.4, 0.5) is 0 Å². The summed E-state index contributed by atoms with van der Waals surface area (Å²) in [7, 11) is 1.42. The highest BCUT2D eigenvalue weighted by atomic mass is 16.5. The van der Waals surface area contributed by atoms with E-state index in [1.165, 1.54) is 7.11 Å². The number of carbonyl (C=O) groups excluding carboxylic acids is 1. The maximum absolute atomic E-state index is 12.3. The average molecular weight is 305 g/mol. The molecule has 4 heteroatoms. The Hall–Kier alpha value is -2.88. The smallest absolute Gasteiger partial charge is 0.338 e. The van der Waals surface area contributed by atoms with Gasteiger partial charge < -0.3 is 9.15 Å². The van der Waals surface area contributed by atoms with Gasteiger partial charge in [-0.05, 0) is 48.3 Å². The molecule has 0 aliphatic heterocycles. The first-order valence-corrected chi connectivity index (χ1v) is 7.52. The van der Waals surface area contributed by atoms with Crippen molar-refractivity contribution in [2.24, 2.45) is 0 Å². The van der Waals surface area contributed by atoms with E-state index in [4.69, 9.17) is 14.1 Å². The van der Waals surface area contributed by atoms with Crippen molar-refractivity contribution in [1.82, 2.24) is 4.98 Å². The quantitative estimate of drug-likeness (QED) is 0.669. The fraction of sp³-hybridized carbons (Fsp3) is 0.158. The van der Waals surface area contributed by atoms with Crippen molar-refractivity contribution in [2.75, 3.05) is 7.11 Å². The third kappa shape index (κ3) is 2.23. The van der Waals surface area contributed by atoms with Crippen LogP contribution in [0, 0.1) is 0 Å². The monoisotopic (exact) mass is 305 g/mol. The summed E-state index contributed by atoms with van der Waals surface area (Å²) in [6.07, 6.45) is 5.26. The number of methoxy groups -OCH3 is 1. The first-order chi connectivity index (χ1) is 11.3. The minimum Gasteiger partial charge on any atom is -0.465 e. The lowest BCUT2D eigenvalue weighted by Crippen LogP contribution is -2.08. The fourth-order valence-corrected chi connectivity index (χ4v) is 3.16. The summed E-state index contributed by atoms with van der Waals surface area (Å²) in [6.45, 7) is 0. The summed E-state index contributed by atoms with van der Waals surface area (Å²) in [5, 5.41) is 0.845. The first-order valence-electron chi connectivity index (χ1n) is 7.52. The molecule has 0 bridgehead atoms. The topological polar surface area (TPSA) is 52.3 Å². The summed E-state index contributed by atoms with van der Waals surface area (Å²) in [5.74, 6) is 0.488. The average Bonchev–Trinajstić information content (AvgIpc) is 3.23. The number of rotatable bonds is 2. The Labute approximate surface area is 133 Å². The van der Waals surface area contributed by atoms with Crippen molar-refractivity contribution in [3.8, 4) is 0 Å². The van der Waals surface area contributed by atoms with Crippen molar-refractivity contribution in [1.29, 1.82) is 0 Å². The van der Waals surface area contributed by atoms with Crippen LogP contribution in [0.3, 0.4) is 0 Å². The number of para-hydroxylation sites is 1. The molecule has 1 aromatic carbocycles. The van der Waals surface area contributed by atoms with E-state index in [2.05, 4.69) is 0 Å². The van der Waals surface area contributed by atoms with E-state index in [1.807, 2.05) is 42.5 Å². The van der Waals surface area contributed by atoms with E-state index in [0.29, 0.717) is 5.56 Å². The Bertz CT molecular complexity index is 923. The van der Waals surface area contributed by atoms with Crippen LogP contribution >= 0.6 is 0 Å². The predicted octanol–water partition coefficient (Wildman–Crippen LogP) is 4.10. The van der Waals surface area contributed by atoms with Crippen LogP contribution in [-0.2, 0) is 11.2 Å². The van der Waals surface area contributed by atoms with E-state index in [0.717, 1.165) is 46.3 Å². The Morgan fingerprint density at radius 1 is 1.22 bits per heavy atom. The number of esters is 1. The molecule has 0 unspecified atom stereocenters. The number of ether oxygens (including phenoxy) is 1. The lowest BCUT2D eigenvalue weighted by atomic mass is 10.0. The van der Waals surface area contributed by atoms with Crippen molar-refractivity contribution in [2.45, 2.75) is 12.8 Å². The first kappa shape index (κ1) is 13.8. The fourth-order valence-electron chi connectivity index (χ4n) is 3.16. The molecule has 0 N–H and O–H groups in total. The van der Waals surface area contributed by atoms with Crippen molar-refractivity contribution in [3.05, 3.63) is 65.2 Å². The zero-order chi connectivity index (χ0) is 15.8. The van der Waals surface area contributed by atoms with Crippen LogP contribution in [0.1, 0.15) is 33.8 Å². The highest BCUT2D eigenvalue weighted by molar-refractivity contribution is 6.07. The second kappa shape index (κ2) is 5.39. The zero-order valence-corrected chi connectivity index (χ0v) is 12.7. The molecule has 23 heavy (non-hydrogen) atoms. The number of hydrogen-bond acceptors (Lipinski definition) is 4. The molecule has 4 rings (SSSR count). The number of benzene rings is 1. The van der Waals surface area contributed by atoms with E-state index in [9.17, 15) is 4.79 Å².